The molecule has 0 aromatic heterocycles. The van der Waals surface area contributed by atoms with Crippen LogP contribution in [0.15, 0.2) is 42.5 Å². The molecule has 2 rings (SSSR count). The zero-order valence-electron chi connectivity index (χ0n) is 10.5. The number of ether oxygens (including phenoxy) is 1. The quantitative estimate of drug-likeness (QED) is 0.913. The molecule has 0 radical (unpaired) electrons. The molecule has 0 aliphatic heterocycles. The van der Waals surface area contributed by atoms with E-state index in [0.29, 0.717) is 11.3 Å². The molecule has 2 aromatic rings. The summed E-state index contributed by atoms with van der Waals surface area (Å²) in [5, 5.41) is 8.79. The van der Waals surface area contributed by atoms with Crippen LogP contribution >= 0.6 is 0 Å². The third-order valence-electron chi connectivity index (χ3n) is 2.71. The van der Waals surface area contributed by atoms with Crippen LogP contribution in [0.3, 0.4) is 0 Å². The van der Waals surface area contributed by atoms with Crippen LogP contribution in [0.25, 0.3) is 0 Å². The van der Waals surface area contributed by atoms with Crippen molar-refractivity contribution in [1.29, 1.82) is 0 Å². The molecule has 0 saturated heterocycles. The lowest BCUT2D eigenvalue weighted by atomic mass is 10.1. The summed E-state index contributed by atoms with van der Waals surface area (Å²) >= 11 is 0. The van der Waals surface area contributed by atoms with Gasteiger partial charge in [-0.05, 0) is 24.3 Å². The van der Waals surface area contributed by atoms with Gasteiger partial charge < -0.3 is 9.84 Å². The lowest BCUT2D eigenvalue weighted by Crippen LogP contribution is -2.05. The summed E-state index contributed by atoms with van der Waals surface area (Å²) in [6, 6.07) is 9.68. The molecule has 0 bridgehead atoms. The van der Waals surface area contributed by atoms with Gasteiger partial charge in [0.1, 0.15) is 24.0 Å². The molecule has 1 N–H and O–H groups in total. The summed E-state index contributed by atoms with van der Waals surface area (Å²) in [6.07, 6.45) is -0.193. The summed E-state index contributed by atoms with van der Waals surface area (Å²) < 4.78 is 31.9. The number of carbonyl (C=O) groups is 1. The monoisotopic (exact) mass is 278 g/mol. The molecule has 20 heavy (non-hydrogen) atoms. The first kappa shape index (κ1) is 14.0. The van der Waals surface area contributed by atoms with Crippen LogP contribution in [0.5, 0.6) is 5.75 Å². The Kier molecular flexibility index (Phi) is 4.30. The van der Waals surface area contributed by atoms with E-state index in [0.717, 1.165) is 18.2 Å². The second-order valence-electron chi connectivity index (χ2n) is 4.20. The molecule has 0 spiro atoms. The smallest absolute Gasteiger partial charge is 0.307 e. The molecular formula is C15H12F2O3. The Bertz CT molecular complexity index is 626. The maximum atomic E-state index is 13.4. The topological polar surface area (TPSA) is 46.5 Å². The fraction of sp³-hybridized carbons (Fsp3) is 0.133. The van der Waals surface area contributed by atoms with Gasteiger partial charge in [0.05, 0.1) is 6.42 Å². The van der Waals surface area contributed by atoms with Gasteiger partial charge in [0.15, 0.2) is 0 Å². The number of carboxylic acid groups (broad SMARTS) is 1. The second-order valence-corrected chi connectivity index (χ2v) is 4.20. The van der Waals surface area contributed by atoms with Gasteiger partial charge in [0, 0.05) is 11.1 Å². The number of rotatable bonds is 5. The van der Waals surface area contributed by atoms with Crippen LogP contribution in [0.4, 0.5) is 8.78 Å². The number of halogens is 2. The normalized spacial score (nSPS) is 10.3. The largest absolute Gasteiger partial charge is 0.488 e. The van der Waals surface area contributed by atoms with E-state index in [2.05, 4.69) is 0 Å². The first-order valence-electron chi connectivity index (χ1n) is 5.92. The number of hydrogen-bond acceptors (Lipinski definition) is 2. The van der Waals surface area contributed by atoms with Crippen LogP contribution in [0.1, 0.15) is 11.1 Å². The van der Waals surface area contributed by atoms with E-state index in [1.165, 1.54) is 0 Å². The Balaban J connectivity index is 2.14. The van der Waals surface area contributed by atoms with Gasteiger partial charge in [0.2, 0.25) is 0 Å². The zero-order chi connectivity index (χ0) is 14.5. The number of hydrogen-bond donors (Lipinski definition) is 1. The van der Waals surface area contributed by atoms with Crippen molar-refractivity contribution < 1.29 is 23.4 Å². The highest BCUT2D eigenvalue weighted by Crippen LogP contribution is 2.21. The predicted molar refractivity (Wildman–Crippen MR) is 68.5 cm³/mol. The van der Waals surface area contributed by atoms with Gasteiger partial charge in [-0.1, -0.05) is 18.2 Å². The molecule has 3 nitrogen and oxygen atoms in total. The second kappa shape index (κ2) is 6.14. The minimum absolute atomic E-state index is 0.0788. The molecule has 0 heterocycles. The number of carboxylic acids is 1. The minimum atomic E-state index is -0.988. The predicted octanol–water partition coefficient (Wildman–Crippen LogP) is 3.17. The van der Waals surface area contributed by atoms with E-state index >= 15 is 0 Å². The molecule has 0 unspecified atom stereocenters. The third-order valence-corrected chi connectivity index (χ3v) is 2.71. The summed E-state index contributed by atoms with van der Waals surface area (Å²) in [6.45, 7) is -0.166. The Morgan fingerprint density at radius 3 is 2.60 bits per heavy atom. The van der Waals surface area contributed by atoms with Gasteiger partial charge in [-0.3, -0.25) is 4.79 Å². The highest BCUT2D eigenvalue weighted by Gasteiger charge is 2.09. The van der Waals surface area contributed by atoms with Crippen LogP contribution in [0.2, 0.25) is 0 Å². The molecule has 0 aliphatic rings. The molecule has 0 saturated carbocycles. The van der Waals surface area contributed by atoms with Gasteiger partial charge in [-0.15, -0.1) is 0 Å². The van der Waals surface area contributed by atoms with Crippen molar-refractivity contribution in [3.05, 3.63) is 65.2 Å². The zero-order valence-corrected chi connectivity index (χ0v) is 10.5. The summed E-state index contributed by atoms with van der Waals surface area (Å²) in [5.74, 6) is -1.76. The van der Waals surface area contributed by atoms with E-state index in [4.69, 9.17) is 9.84 Å². The van der Waals surface area contributed by atoms with E-state index in [1.54, 1.807) is 24.3 Å². The van der Waals surface area contributed by atoms with Crippen molar-refractivity contribution in [2.24, 2.45) is 0 Å². The Hall–Kier alpha value is -2.43. The molecule has 0 atom stereocenters. The highest BCUT2D eigenvalue weighted by molar-refractivity contribution is 5.71. The average molecular weight is 278 g/mol. The van der Waals surface area contributed by atoms with E-state index in [1.807, 2.05) is 0 Å². The molecule has 0 amide bonds. The van der Waals surface area contributed by atoms with Crippen molar-refractivity contribution >= 4 is 5.97 Å². The average Bonchev–Trinajstić information content (AvgIpc) is 2.41. The first-order chi connectivity index (χ1) is 9.56. The fourth-order valence-electron chi connectivity index (χ4n) is 1.76. The van der Waals surface area contributed by atoms with E-state index in [9.17, 15) is 13.6 Å². The van der Waals surface area contributed by atoms with Crippen molar-refractivity contribution in [1.82, 2.24) is 0 Å². The van der Waals surface area contributed by atoms with Crippen LogP contribution in [-0.4, -0.2) is 11.1 Å². The van der Waals surface area contributed by atoms with Crippen LogP contribution < -0.4 is 4.74 Å². The highest BCUT2D eigenvalue weighted by atomic mass is 19.1. The van der Waals surface area contributed by atoms with Gasteiger partial charge in [-0.2, -0.15) is 0 Å². The van der Waals surface area contributed by atoms with Crippen molar-refractivity contribution in [3.8, 4) is 5.75 Å². The number of aliphatic carboxylic acids is 1. The van der Waals surface area contributed by atoms with E-state index in [-0.39, 0.29) is 18.6 Å². The summed E-state index contributed by atoms with van der Waals surface area (Å²) in [7, 11) is 0. The first-order valence-corrected chi connectivity index (χ1v) is 5.92. The number of benzene rings is 2. The van der Waals surface area contributed by atoms with Gasteiger partial charge in [0.25, 0.3) is 0 Å². The molecule has 0 aliphatic carbocycles. The van der Waals surface area contributed by atoms with Crippen molar-refractivity contribution in [2.45, 2.75) is 13.0 Å². The standard InChI is InChI=1S/C15H12F2O3/c16-12-5-6-13(17)11(7-12)9-20-14-4-2-1-3-10(14)8-15(18)19/h1-7H,8-9H2,(H,18,19). The molecular weight excluding hydrogens is 266 g/mol. The lowest BCUT2D eigenvalue weighted by molar-refractivity contribution is -0.136. The molecule has 104 valence electrons. The Morgan fingerprint density at radius 1 is 1.10 bits per heavy atom. The van der Waals surface area contributed by atoms with Crippen LogP contribution in [-0.2, 0) is 17.8 Å². The number of para-hydroxylation sites is 1. The molecule has 0 fully saturated rings. The Labute approximate surface area is 114 Å². The van der Waals surface area contributed by atoms with Gasteiger partial charge >= 0.3 is 5.97 Å². The molecule has 5 heteroatoms. The van der Waals surface area contributed by atoms with Crippen molar-refractivity contribution in [2.75, 3.05) is 0 Å². The van der Waals surface area contributed by atoms with Gasteiger partial charge in [-0.25, -0.2) is 8.78 Å². The van der Waals surface area contributed by atoms with E-state index < -0.39 is 17.6 Å². The SMILES string of the molecule is O=C(O)Cc1ccccc1OCc1cc(F)ccc1F. The van der Waals surface area contributed by atoms with Crippen molar-refractivity contribution in [3.63, 3.8) is 0 Å². The molecule has 2 aromatic carbocycles. The Morgan fingerprint density at radius 2 is 1.85 bits per heavy atom. The summed E-state index contributed by atoms with van der Waals surface area (Å²) in [4.78, 5) is 10.7. The minimum Gasteiger partial charge on any atom is -0.488 e. The fourth-order valence-corrected chi connectivity index (χ4v) is 1.76. The summed E-state index contributed by atoms with van der Waals surface area (Å²) in [5.41, 5.74) is 0.562. The third kappa shape index (κ3) is 3.54. The lowest BCUT2D eigenvalue weighted by Gasteiger charge is -2.10. The van der Waals surface area contributed by atoms with Crippen LogP contribution in [0, 0.1) is 11.6 Å². The maximum Gasteiger partial charge on any atom is 0.307 e. The maximum absolute atomic E-state index is 13.4.